The minimum Gasteiger partial charge on any atom is -0.491 e. The van der Waals surface area contributed by atoms with Crippen molar-refractivity contribution < 1.29 is 9.53 Å². The summed E-state index contributed by atoms with van der Waals surface area (Å²) < 4.78 is 5.65. The Balaban J connectivity index is 3.11. The van der Waals surface area contributed by atoms with E-state index in [0.717, 1.165) is 16.9 Å². The SMILES string of the molecule is Cc1cc(C(=O)CCl)c(C)cc1OC(C)C. The van der Waals surface area contributed by atoms with Gasteiger partial charge in [-0.2, -0.15) is 0 Å². The highest BCUT2D eigenvalue weighted by Gasteiger charge is 2.12. The molecule has 0 unspecified atom stereocenters. The third kappa shape index (κ3) is 2.99. The Hall–Kier alpha value is -1.02. The fourth-order valence-electron chi connectivity index (χ4n) is 1.54. The maximum atomic E-state index is 11.5. The number of ether oxygens (including phenoxy) is 1. The Morgan fingerprint density at radius 3 is 2.44 bits per heavy atom. The van der Waals surface area contributed by atoms with E-state index in [1.807, 2.05) is 39.8 Å². The number of ketones is 1. The topological polar surface area (TPSA) is 26.3 Å². The summed E-state index contributed by atoms with van der Waals surface area (Å²) in [4.78, 5) is 11.5. The molecule has 1 rings (SSSR count). The first-order valence-electron chi connectivity index (χ1n) is 5.32. The van der Waals surface area contributed by atoms with Crippen LogP contribution in [0.15, 0.2) is 12.1 Å². The van der Waals surface area contributed by atoms with Crippen LogP contribution in [0.5, 0.6) is 5.75 Å². The third-order valence-corrected chi connectivity index (χ3v) is 2.55. The molecule has 0 aliphatic rings. The van der Waals surface area contributed by atoms with E-state index in [4.69, 9.17) is 16.3 Å². The second-order valence-electron chi connectivity index (χ2n) is 4.16. The van der Waals surface area contributed by atoms with Gasteiger partial charge in [0.25, 0.3) is 0 Å². The van der Waals surface area contributed by atoms with E-state index in [-0.39, 0.29) is 17.8 Å². The van der Waals surface area contributed by atoms with Crippen LogP contribution in [-0.2, 0) is 0 Å². The lowest BCUT2D eigenvalue weighted by atomic mass is 10.0. The van der Waals surface area contributed by atoms with E-state index in [1.165, 1.54) is 0 Å². The van der Waals surface area contributed by atoms with Crippen molar-refractivity contribution >= 4 is 17.4 Å². The number of benzene rings is 1. The molecule has 0 aliphatic carbocycles. The molecule has 0 heterocycles. The lowest BCUT2D eigenvalue weighted by Gasteiger charge is -2.14. The number of Topliss-reactive ketones (excluding diaryl/α,β-unsaturated/α-hetero) is 1. The molecule has 0 saturated carbocycles. The van der Waals surface area contributed by atoms with Gasteiger partial charge < -0.3 is 4.74 Å². The zero-order chi connectivity index (χ0) is 12.3. The fraction of sp³-hybridized carbons (Fsp3) is 0.462. The zero-order valence-electron chi connectivity index (χ0n) is 10.1. The summed E-state index contributed by atoms with van der Waals surface area (Å²) in [6, 6.07) is 3.74. The van der Waals surface area contributed by atoms with Crippen molar-refractivity contribution in [2.24, 2.45) is 0 Å². The van der Waals surface area contributed by atoms with Crippen LogP contribution < -0.4 is 4.74 Å². The summed E-state index contributed by atoms with van der Waals surface area (Å²) in [5, 5.41) is 0. The number of carbonyl (C=O) groups excluding carboxylic acids is 1. The minimum absolute atomic E-state index is 0.0185. The van der Waals surface area contributed by atoms with Crippen molar-refractivity contribution in [3.63, 3.8) is 0 Å². The molecule has 0 spiro atoms. The molecule has 0 radical (unpaired) electrons. The summed E-state index contributed by atoms with van der Waals surface area (Å²) in [7, 11) is 0. The second kappa shape index (κ2) is 5.35. The molecular formula is C13H17ClO2. The van der Waals surface area contributed by atoms with E-state index in [0.29, 0.717) is 5.56 Å². The van der Waals surface area contributed by atoms with Gasteiger partial charge >= 0.3 is 0 Å². The lowest BCUT2D eigenvalue weighted by molar-refractivity contribution is 0.102. The van der Waals surface area contributed by atoms with Crippen molar-refractivity contribution in [1.82, 2.24) is 0 Å². The molecule has 88 valence electrons. The highest BCUT2D eigenvalue weighted by molar-refractivity contribution is 6.30. The molecule has 0 N–H and O–H groups in total. The number of carbonyl (C=O) groups is 1. The molecule has 1 aromatic rings. The van der Waals surface area contributed by atoms with E-state index >= 15 is 0 Å². The van der Waals surface area contributed by atoms with Gasteiger partial charge in [0.1, 0.15) is 5.75 Å². The van der Waals surface area contributed by atoms with Crippen LogP contribution >= 0.6 is 11.6 Å². The van der Waals surface area contributed by atoms with Crippen molar-refractivity contribution in [3.05, 3.63) is 28.8 Å². The Morgan fingerprint density at radius 1 is 1.31 bits per heavy atom. The van der Waals surface area contributed by atoms with Crippen LogP contribution in [-0.4, -0.2) is 17.8 Å². The molecule has 0 atom stereocenters. The molecule has 3 heteroatoms. The van der Waals surface area contributed by atoms with E-state index in [9.17, 15) is 4.79 Å². The molecule has 2 nitrogen and oxygen atoms in total. The molecule has 0 saturated heterocycles. The predicted octanol–water partition coefficient (Wildman–Crippen LogP) is 3.51. The summed E-state index contributed by atoms with van der Waals surface area (Å²) in [5.41, 5.74) is 2.56. The lowest BCUT2D eigenvalue weighted by Crippen LogP contribution is -2.09. The number of hydrogen-bond acceptors (Lipinski definition) is 2. The molecular weight excluding hydrogens is 224 g/mol. The van der Waals surface area contributed by atoms with Gasteiger partial charge in [-0.05, 0) is 51.0 Å². The molecule has 0 fully saturated rings. The number of alkyl halides is 1. The van der Waals surface area contributed by atoms with Crippen LogP contribution in [0.25, 0.3) is 0 Å². The van der Waals surface area contributed by atoms with Crippen molar-refractivity contribution in [1.29, 1.82) is 0 Å². The van der Waals surface area contributed by atoms with Gasteiger partial charge in [-0.3, -0.25) is 4.79 Å². The number of halogens is 1. The predicted molar refractivity (Wildman–Crippen MR) is 66.7 cm³/mol. The molecule has 0 amide bonds. The maximum Gasteiger partial charge on any atom is 0.177 e. The van der Waals surface area contributed by atoms with Gasteiger partial charge in [0.2, 0.25) is 0 Å². The van der Waals surface area contributed by atoms with Crippen LogP contribution in [0, 0.1) is 13.8 Å². The average Bonchev–Trinajstić information content (AvgIpc) is 2.21. The Labute approximate surface area is 102 Å². The highest BCUT2D eigenvalue weighted by atomic mass is 35.5. The van der Waals surface area contributed by atoms with Crippen LogP contribution in [0.3, 0.4) is 0 Å². The molecule has 0 aliphatic heterocycles. The number of hydrogen-bond donors (Lipinski definition) is 0. The Morgan fingerprint density at radius 2 is 1.94 bits per heavy atom. The average molecular weight is 241 g/mol. The molecule has 1 aromatic carbocycles. The largest absolute Gasteiger partial charge is 0.491 e. The van der Waals surface area contributed by atoms with Gasteiger partial charge in [-0.25, -0.2) is 0 Å². The van der Waals surface area contributed by atoms with E-state index in [1.54, 1.807) is 0 Å². The minimum atomic E-state index is -0.0432. The van der Waals surface area contributed by atoms with Crippen LogP contribution in [0.2, 0.25) is 0 Å². The first-order chi connectivity index (χ1) is 7.45. The van der Waals surface area contributed by atoms with Gasteiger partial charge in [-0.15, -0.1) is 11.6 Å². The Bertz CT molecular complexity index is 397. The number of rotatable bonds is 4. The number of aryl methyl sites for hydroxylation is 2. The van der Waals surface area contributed by atoms with Crippen molar-refractivity contribution in [3.8, 4) is 5.75 Å². The summed E-state index contributed by atoms with van der Waals surface area (Å²) >= 11 is 5.55. The van der Waals surface area contributed by atoms with Gasteiger partial charge in [0.15, 0.2) is 5.78 Å². The second-order valence-corrected chi connectivity index (χ2v) is 4.42. The fourth-order valence-corrected chi connectivity index (χ4v) is 1.69. The zero-order valence-corrected chi connectivity index (χ0v) is 10.9. The normalized spacial score (nSPS) is 10.6. The summed E-state index contributed by atoms with van der Waals surface area (Å²) in [5.74, 6) is 0.807. The van der Waals surface area contributed by atoms with Gasteiger partial charge in [0, 0.05) is 5.56 Å². The van der Waals surface area contributed by atoms with Crippen LogP contribution in [0.1, 0.15) is 35.3 Å². The molecule has 16 heavy (non-hydrogen) atoms. The van der Waals surface area contributed by atoms with E-state index in [2.05, 4.69) is 0 Å². The third-order valence-electron chi connectivity index (χ3n) is 2.31. The summed E-state index contributed by atoms with van der Waals surface area (Å²) in [6.07, 6.45) is 0.132. The quantitative estimate of drug-likeness (QED) is 0.595. The Kier molecular flexibility index (Phi) is 4.36. The van der Waals surface area contributed by atoms with Crippen LogP contribution in [0.4, 0.5) is 0 Å². The molecule has 0 aromatic heterocycles. The van der Waals surface area contributed by atoms with Gasteiger partial charge in [-0.1, -0.05) is 0 Å². The van der Waals surface area contributed by atoms with Crippen molar-refractivity contribution in [2.75, 3.05) is 5.88 Å². The first-order valence-corrected chi connectivity index (χ1v) is 5.86. The molecule has 0 bridgehead atoms. The monoisotopic (exact) mass is 240 g/mol. The maximum absolute atomic E-state index is 11.5. The standard InChI is InChI=1S/C13H17ClO2/c1-8(2)16-13-6-9(3)11(5-10(13)4)12(15)7-14/h5-6,8H,7H2,1-4H3. The van der Waals surface area contributed by atoms with Crippen molar-refractivity contribution in [2.45, 2.75) is 33.8 Å². The highest BCUT2D eigenvalue weighted by Crippen LogP contribution is 2.24. The van der Waals surface area contributed by atoms with Gasteiger partial charge in [0.05, 0.1) is 12.0 Å². The first kappa shape index (κ1) is 13.0. The van der Waals surface area contributed by atoms with E-state index < -0.39 is 0 Å². The summed E-state index contributed by atoms with van der Waals surface area (Å²) in [6.45, 7) is 7.79. The smallest absolute Gasteiger partial charge is 0.177 e.